The van der Waals surface area contributed by atoms with E-state index in [1.54, 1.807) is 6.92 Å². The zero-order valence-electron chi connectivity index (χ0n) is 20.6. The highest BCUT2D eigenvalue weighted by Crippen LogP contribution is 2.62. The maximum absolute atomic E-state index is 11.2. The summed E-state index contributed by atoms with van der Waals surface area (Å²) in [5.41, 5.74) is 1.78. The van der Waals surface area contributed by atoms with E-state index in [1.807, 2.05) is 13.0 Å². The predicted octanol–water partition coefficient (Wildman–Crippen LogP) is 2.30. The average Bonchev–Trinajstić information content (AvgIpc) is 2.73. The fourth-order valence-corrected chi connectivity index (χ4v) is 7.02. The maximum Gasteiger partial charge on any atom is 0.186 e. The van der Waals surface area contributed by atoms with Crippen LogP contribution in [0.15, 0.2) is 23.8 Å². The Morgan fingerprint density at radius 1 is 1.15 bits per heavy atom. The minimum Gasteiger partial charge on any atom is -0.392 e. The smallest absolute Gasteiger partial charge is 0.186 e. The number of rotatable bonds is 7. The second-order valence-electron chi connectivity index (χ2n) is 11.2. The van der Waals surface area contributed by atoms with Gasteiger partial charge in [0.2, 0.25) is 0 Å². The second-order valence-corrected chi connectivity index (χ2v) is 11.2. The normalized spacial score (nSPS) is 46.8. The molecule has 7 heteroatoms. The van der Waals surface area contributed by atoms with Gasteiger partial charge in [-0.15, -0.1) is 0 Å². The first kappa shape index (κ1) is 26.8. The van der Waals surface area contributed by atoms with Gasteiger partial charge in [0.25, 0.3) is 0 Å². The predicted molar refractivity (Wildman–Crippen MR) is 125 cm³/mol. The lowest BCUT2D eigenvalue weighted by Crippen LogP contribution is -2.60. The first-order valence-electron chi connectivity index (χ1n) is 12.4. The highest BCUT2D eigenvalue weighted by atomic mass is 16.7. The molecular formula is C26H44O7. The zero-order chi connectivity index (χ0) is 24.6. The lowest BCUT2D eigenvalue weighted by Gasteiger charge is -2.60. The second kappa shape index (κ2) is 10.4. The third-order valence-corrected chi connectivity index (χ3v) is 8.72. The van der Waals surface area contributed by atoms with E-state index >= 15 is 0 Å². The van der Waals surface area contributed by atoms with Gasteiger partial charge in [-0.2, -0.15) is 0 Å². The van der Waals surface area contributed by atoms with E-state index in [4.69, 9.17) is 9.47 Å². The van der Waals surface area contributed by atoms with Gasteiger partial charge in [-0.3, -0.25) is 0 Å². The maximum atomic E-state index is 11.2. The molecule has 0 spiro atoms. The van der Waals surface area contributed by atoms with E-state index in [9.17, 15) is 25.5 Å². The van der Waals surface area contributed by atoms with Crippen LogP contribution in [0.25, 0.3) is 0 Å². The molecule has 0 aromatic carbocycles. The Balaban J connectivity index is 1.78. The average molecular weight is 469 g/mol. The molecule has 1 heterocycles. The minimum absolute atomic E-state index is 0.00921. The van der Waals surface area contributed by atoms with E-state index in [-0.39, 0.29) is 35.9 Å². The largest absolute Gasteiger partial charge is 0.392 e. The van der Waals surface area contributed by atoms with Gasteiger partial charge in [0.1, 0.15) is 18.3 Å². The first-order valence-corrected chi connectivity index (χ1v) is 12.4. The van der Waals surface area contributed by atoms with E-state index in [1.165, 1.54) is 0 Å². The third-order valence-electron chi connectivity index (χ3n) is 8.72. The number of hydrogen-bond acceptors (Lipinski definition) is 7. The molecule has 0 aromatic heterocycles. The van der Waals surface area contributed by atoms with Crippen molar-refractivity contribution in [2.45, 2.75) is 103 Å². The van der Waals surface area contributed by atoms with E-state index in [0.29, 0.717) is 6.42 Å². The Kier molecular flexibility index (Phi) is 8.48. The van der Waals surface area contributed by atoms with Crippen LogP contribution in [0.4, 0.5) is 0 Å². The Labute approximate surface area is 198 Å². The van der Waals surface area contributed by atoms with Gasteiger partial charge < -0.3 is 35.0 Å². The quantitative estimate of drug-likeness (QED) is 0.364. The van der Waals surface area contributed by atoms with E-state index < -0.39 is 36.8 Å². The highest BCUT2D eigenvalue weighted by Gasteiger charge is 2.58. The molecule has 10 atom stereocenters. The summed E-state index contributed by atoms with van der Waals surface area (Å²) in [6.07, 6.45) is 1.09. The summed E-state index contributed by atoms with van der Waals surface area (Å²) in [5.74, 6) is 0.256. The summed E-state index contributed by atoms with van der Waals surface area (Å²) in [6.45, 7) is 12.8. The zero-order valence-corrected chi connectivity index (χ0v) is 20.6. The highest BCUT2D eigenvalue weighted by molar-refractivity contribution is 5.19. The molecule has 1 aliphatic heterocycles. The minimum atomic E-state index is -1.33. The lowest BCUT2D eigenvalue weighted by molar-refractivity contribution is -0.304. The molecule has 1 saturated heterocycles. The van der Waals surface area contributed by atoms with Crippen molar-refractivity contribution in [2.75, 3.05) is 13.2 Å². The van der Waals surface area contributed by atoms with Crippen molar-refractivity contribution >= 4 is 0 Å². The van der Waals surface area contributed by atoms with Gasteiger partial charge >= 0.3 is 0 Å². The van der Waals surface area contributed by atoms with Crippen molar-refractivity contribution < 1.29 is 35.0 Å². The molecule has 2 aliphatic carbocycles. The summed E-state index contributed by atoms with van der Waals surface area (Å²) in [6, 6.07) is 0. The van der Waals surface area contributed by atoms with Crippen LogP contribution in [-0.2, 0) is 9.47 Å². The number of fused-ring (bicyclic) bond motifs is 1. The Morgan fingerprint density at radius 2 is 1.85 bits per heavy atom. The molecule has 0 radical (unpaired) electrons. The SMILES string of the molecule is C=C1CC(O)C2C(C)(COC3OC(C)C(O)C(O)C3O)CCCC2(C)C1CCC(C)=CCO. The number of aliphatic hydroxyl groups excluding tert-OH is 5. The van der Waals surface area contributed by atoms with Crippen molar-refractivity contribution in [3.05, 3.63) is 23.8 Å². The molecule has 0 amide bonds. The van der Waals surface area contributed by atoms with Crippen molar-refractivity contribution in [2.24, 2.45) is 22.7 Å². The summed E-state index contributed by atoms with van der Waals surface area (Å²) >= 11 is 0. The van der Waals surface area contributed by atoms with Gasteiger partial charge in [-0.05, 0) is 68.6 Å². The van der Waals surface area contributed by atoms with E-state index in [0.717, 1.165) is 43.3 Å². The molecule has 0 bridgehead atoms. The Morgan fingerprint density at radius 3 is 2.52 bits per heavy atom. The van der Waals surface area contributed by atoms with Gasteiger partial charge in [0.05, 0.1) is 25.4 Å². The molecule has 33 heavy (non-hydrogen) atoms. The molecule has 3 aliphatic rings. The van der Waals surface area contributed by atoms with Crippen LogP contribution in [-0.4, -0.2) is 75.6 Å². The standard InChI is InChI=1S/C26H44O7/c1-15(9-12-27)7-8-18-16(2)13-19(28)23-25(4,10-6-11-26(18,23)5)14-32-24-22(31)21(30)20(29)17(3)33-24/h9,17-24,27-31H,2,6-8,10-14H2,1,3-5H3. The monoisotopic (exact) mass is 468 g/mol. The number of hydrogen-bond donors (Lipinski definition) is 5. The summed E-state index contributed by atoms with van der Waals surface area (Å²) in [4.78, 5) is 0. The molecule has 3 fully saturated rings. The summed E-state index contributed by atoms with van der Waals surface area (Å²) < 4.78 is 11.7. The molecule has 10 unspecified atom stereocenters. The van der Waals surface area contributed by atoms with Crippen LogP contribution in [0, 0.1) is 22.7 Å². The molecule has 190 valence electrons. The van der Waals surface area contributed by atoms with Gasteiger partial charge in [-0.1, -0.05) is 44.1 Å². The molecule has 3 rings (SSSR count). The van der Waals surface area contributed by atoms with Crippen LogP contribution in [0.3, 0.4) is 0 Å². The molecule has 2 saturated carbocycles. The van der Waals surface area contributed by atoms with Gasteiger partial charge in [-0.25, -0.2) is 0 Å². The van der Waals surface area contributed by atoms with Crippen LogP contribution in [0.1, 0.15) is 66.2 Å². The van der Waals surface area contributed by atoms with Crippen LogP contribution in [0.2, 0.25) is 0 Å². The van der Waals surface area contributed by atoms with Crippen LogP contribution >= 0.6 is 0 Å². The topological polar surface area (TPSA) is 120 Å². The Hall–Kier alpha value is -0.800. The summed E-state index contributed by atoms with van der Waals surface area (Å²) in [5, 5.41) is 50.9. The lowest BCUT2D eigenvalue weighted by atomic mass is 9.46. The van der Waals surface area contributed by atoms with Crippen molar-refractivity contribution in [3.63, 3.8) is 0 Å². The van der Waals surface area contributed by atoms with Crippen LogP contribution in [0.5, 0.6) is 0 Å². The first-order chi connectivity index (χ1) is 15.4. The third kappa shape index (κ3) is 5.25. The molecule has 5 N–H and O–H groups in total. The Bertz CT molecular complexity index is 723. The van der Waals surface area contributed by atoms with Crippen LogP contribution < -0.4 is 0 Å². The van der Waals surface area contributed by atoms with Gasteiger partial charge in [0.15, 0.2) is 6.29 Å². The molecular weight excluding hydrogens is 424 g/mol. The number of aliphatic hydroxyl groups is 5. The van der Waals surface area contributed by atoms with Crippen molar-refractivity contribution in [1.29, 1.82) is 0 Å². The number of ether oxygens (including phenoxy) is 2. The molecule has 0 aromatic rings. The summed E-state index contributed by atoms with van der Waals surface area (Å²) in [7, 11) is 0. The van der Waals surface area contributed by atoms with Crippen molar-refractivity contribution in [1.82, 2.24) is 0 Å². The molecule has 7 nitrogen and oxygen atoms in total. The fourth-order valence-electron chi connectivity index (χ4n) is 7.02. The fraction of sp³-hybridized carbons (Fsp3) is 0.846. The van der Waals surface area contributed by atoms with Gasteiger partial charge in [0, 0.05) is 0 Å². The van der Waals surface area contributed by atoms with E-state index in [2.05, 4.69) is 20.4 Å². The van der Waals surface area contributed by atoms with Crippen molar-refractivity contribution in [3.8, 4) is 0 Å². The number of allylic oxidation sites excluding steroid dienone is 1.